The largest absolute Gasteiger partial charge is 0.238 e. The predicted octanol–water partition coefficient (Wildman–Crippen LogP) is 2.00. The maximum atomic E-state index is 13.0. The van der Waals surface area contributed by atoms with Crippen LogP contribution in [-0.2, 0) is 10.0 Å². The SMILES string of the molecule is NS(=O)(=O)c1cc(F)c(Br)c(Br)c1. The fourth-order valence-corrected chi connectivity index (χ4v) is 2.06. The average Bonchev–Trinajstić information content (AvgIpc) is 1.97. The zero-order valence-corrected chi connectivity index (χ0v) is 10.1. The molecule has 0 saturated heterocycles. The number of nitrogens with two attached hydrogens (primary N) is 1. The lowest BCUT2D eigenvalue weighted by atomic mass is 10.3. The normalized spacial score (nSPS) is 11.7. The highest BCUT2D eigenvalue weighted by Gasteiger charge is 2.13. The molecule has 0 unspecified atom stereocenters. The van der Waals surface area contributed by atoms with Gasteiger partial charge in [0.05, 0.1) is 9.37 Å². The summed E-state index contributed by atoms with van der Waals surface area (Å²) in [4.78, 5) is -0.264. The number of sulfonamides is 1. The van der Waals surface area contributed by atoms with E-state index < -0.39 is 15.8 Å². The monoisotopic (exact) mass is 331 g/mol. The van der Waals surface area contributed by atoms with E-state index in [4.69, 9.17) is 5.14 Å². The fraction of sp³-hybridized carbons (Fsp3) is 0. The van der Waals surface area contributed by atoms with Crippen LogP contribution >= 0.6 is 31.9 Å². The Kier molecular flexibility index (Phi) is 3.11. The first kappa shape index (κ1) is 11.1. The quantitative estimate of drug-likeness (QED) is 0.799. The van der Waals surface area contributed by atoms with E-state index in [0.29, 0.717) is 4.47 Å². The molecule has 0 atom stereocenters. The van der Waals surface area contributed by atoms with E-state index in [9.17, 15) is 12.8 Å². The van der Waals surface area contributed by atoms with Crippen LogP contribution in [0.25, 0.3) is 0 Å². The van der Waals surface area contributed by atoms with Gasteiger partial charge in [0.1, 0.15) is 5.82 Å². The van der Waals surface area contributed by atoms with Gasteiger partial charge in [0.25, 0.3) is 0 Å². The highest BCUT2D eigenvalue weighted by molar-refractivity contribution is 9.13. The van der Waals surface area contributed by atoms with E-state index in [1.807, 2.05) is 0 Å². The second-order valence-electron chi connectivity index (χ2n) is 2.25. The van der Waals surface area contributed by atoms with Gasteiger partial charge in [-0.05, 0) is 44.0 Å². The third-order valence-corrected chi connectivity index (χ3v) is 4.14. The number of benzene rings is 1. The molecule has 2 N–H and O–H groups in total. The lowest BCUT2D eigenvalue weighted by Gasteiger charge is -2.02. The van der Waals surface area contributed by atoms with E-state index in [2.05, 4.69) is 31.9 Å². The summed E-state index contributed by atoms with van der Waals surface area (Å²) < 4.78 is 35.1. The van der Waals surface area contributed by atoms with Crippen molar-refractivity contribution in [2.45, 2.75) is 4.90 Å². The molecule has 0 aliphatic rings. The Labute approximate surface area is 91.4 Å². The summed E-state index contributed by atoms with van der Waals surface area (Å²) in [5, 5.41) is 4.81. The molecule has 72 valence electrons. The molecule has 0 heterocycles. The summed E-state index contributed by atoms with van der Waals surface area (Å²) in [5.74, 6) is -0.682. The topological polar surface area (TPSA) is 60.2 Å². The third-order valence-electron chi connectivity index (χ3n) is 1.29. The standard InChI is InChI=1S/C6H4Br2FNO2S/c7-4-1-3(13(10,11)12)2-5(9)6(4)8/h1-2H,(H2,10,11,12). The molecule has 13 heavy (non-hydrogen) atoms. The Morgan fingerprint density at radius 1 is 1.31 bits per heavy atom. The van der Waals surface area contributed by atoms with Crippen LogP contribution in [0.1, 0.15) is 0 Å². The third kappa shape index (κ3) is 2.49. The van der Waals surface area contributed by atoms with Crippen LogP contribution in [0.5, 0.6) is 0 Å². The Bertz CT molecular complexity index is 423. The van der Waals surface area contributed by atoms with E-state index >= 15 is 0 Å². The highest BCUT2D eigenvalue weighted by Crippen LogP contribution is 2.28. The molecular weight excluding hydrogens is 329 g/mol. The van der Waals surface area contributed by atoms with Gasteiger partial charge in [-0.2, -0.15) is 0 Å². The van der Waals surface area contributed by atoms with Crippen molar-refractivity contribution >= 4 is 41.9 Å². The molecule has 1 rings (SSSR count). The Morgan fingerprint density at radius 3 is 2.23 bits per heavy atom. The van der Waals surface area contributed by atoms with Crippen LogP contribution in [-0.4, -0.2) is 8.42 Å². The van der Waals surface area contributed by atoms with E-state index in [0.717, 1.165) is 6.07 Å². The van der Waals surface area contributed by atoms with Gasteiger partial charge in [-0.3, -0.25) is 0 Å². The van der Waals surface area contributed by atoms with Crippen LogP contribution in [0.15, 0.2) is 26.0 Å². The van der Waals surface area contributed by atoms with Crippen molar-refractivity contribution in [3.05, 3.63) is 26.9 Å². The molecule has 1 aromatic rings. The van der Waals surface area contributed by atoms with Crippen molar-refractivity contribution in [3.8, 4) is 0 Å². The van der Waals surface area contributed by atoms with Crippen LogP contribution in [0.3, 0.4) is 0 Å². The summed E-state index contributed by atoms with van der Waals surface area (Å²) in [7, 11) is -3.86. The lowest BCUT2D eigenvalue weighted by molar-refractivity contribution is 0.590. The molecule has 0 aromatic heterocycles. The molecule has 0 saturated carbocycles. The van der Waals surface area contributed by atoms with Gasteiger partial charge < -0.3 is 0 Å². The number of hydrogen-bond acceptors (Lipinski definition) is 2. The van der Waals surface area contributed by atoms with Gasteiger partial charge >= 0.3 is 0 Å². The van der Waals surface area contributed by atoms with Crippen molar-refractivity contribution in [3.63, 3.8) is 0 Å². The number of rotatable bonds is 1. The Balaban J connectivity index is 3.47. The first-order valence-electron chi connectivity index (χ1n) is 2.99. The first-order chi connectivity index (χ1) is 5.82. The highest BCUT2D eigenvalue weighted by atomic mass is 79.9. The number of hydrogen-bond donors (Lipinski definition) is 1. The van der Waals surface area contributed by atoms with Crippen LogP contribution < -0.4 is 5.14 Å². The van der Waals surface area contributed by atoms with Gasteiger partial charge in [0.15, 0.2) is 0 Å². The number of halogens is 3. The molecule has 0 radical (unpaired) electrons. The maximum absolute atomic E-state index is 13.0. The first-order valence-corrected chi connectivity index (χ1v) is 6.13. The van der Waals surface area contributed by atoms with Gasteiger partial charge in [0.2, 0.25) is 10.0 Å². The number of primary sulfonamides is 1. The minimum Gasteiger partial charge on any atom is -0.225 e. The average molecular weight is 333 g/mol. The summed E-state index contributed by atoms with van der Waals surface area (Å²) in [6, 6.07) is 2.08. The zero-order chi connectivity index (χ0) is 10.2. The predicted molar refractivity (Wildman–Crippen MR) is 53.2 cm³/mol. The maximum Gasteiger partial charge on any atom is 0.238 e. The molecule has 0 bridgehead atoms. The molecule has 0 spiro atoms. The zero-order valence-electron chi connectivity index (χ0n) is 6.09. The summed E-state index contributed by atoms with van der Waals surface area (Å²) >= 11 is 5.90. The summed E-state index contributed by atoms with van der Waals surface area (Å²) in [6.07, 6.45) is 0. The second-order valence-corrected chi connectivity index (χ2v) is 5.45. The van der Waals surface area contributed by atoms with Crippen molar-refractivity contribution in [1.29, 1.82) is 0 Å². The van der Waals surface area contributed by atoms with Crippen molar-refractivity contribution < 1.29 is 12.8 Å². The van der Waals surface area contributed by atoms with E-state index in [1.165, 1.54) is 6.07 Å². The minimum atomic E-state index is -3.86. The van der Waals surface area contributed by atoms with Gasteiger partial charge in [-0.1, -0.05) is 0 Å². The van der Waals surface area contributed by atoms with Crippen molar-refractivity contribution in [2.24, 2.45) is 5.14 Å². The molecule has 3 nitrogen and oxygen atoms in total. The second kappa shape index (κ2) is 3.64. The van der Waals surface area contributed by atoms with Crippen LogP contribution in [0, 0.1) is 5.82 Å². The fourth-order valence-electron chi connectivity index (χ4n) is 0.697. The Morgan fingerprint density at radius 2 is 1.85 bits per heavy atom. The minimum absolute atomic E-state index is 0.167. The van der Waals surface area contributed by atoms with E-state index in [1.54, 1.807) is 0 Å². The van der Waals surface area contributed by atoms with Gasteiger partial charge in [-0.15, -0.1) is 0 Å². The lowest BCUT2D eigenvalue weighted by Crippen LogP contribution is -2.12. The molecule has 7 heteroatoms. The van der Waals surface area contributed by atoms with Crippen LogP contribution in [0.4, 0.5) is 4.39 Å². The van der Waals surface area contributed by atoms with Crippen molar-refractivity contribution in [1.82, 2.24) is 0 Å². The Hall–Kier alpha value is 0.0200. The van der Waals surface area contributed by atoms with E-state index in [-0.39, 0.29) is 9.37 Å². The van der Waals surface area contributed by atoms with Crippen molar-refractivity contribution in [2.75, 3.05) is 0 Å². The molecular formula is C6H4Br2FNO2S. The molecule has 0 aliphatic heterocycles. The smallest absolute Gasteiger partial charge is 0.225 e. The molecule has 1 aromatic carbocycles. The van der Waals surface area contributed by atoms with Gasteiger partial charge in [-0.25, -0.2) is 17.9 Å². The summed E-state index contributed by atoms with van der Waals surface area (Å²) in [6.45, 7) is 0. The van der Waals surface area contributed by atoms with Crippen LogP contribution in [0.2, 0.25) is 0 Å². The molecule has 0 fully saturated rings. The molecule has 0 amide bonds. The molecule has 0 aliphatic carbocycles. The van der Waals surface area contributed by atoms with Gasteiger partial charge in [0, 0.05) is 4.47 Å². The summed E-state index contributed by atoms with van der Waals surface area (Å²) in [5.41, 5.74) is 0.